The zero-order valence-corrected chi connectivity index (χ0v) is 17.5. The zero-order valence-electron chi connectivity index (χ0n) is 16.7. The van der Waals surface area contributed by atoms with Gasteiger partial charge in [-0.1, -0.05) is 12.8 Å². The summed E-state index contributed by atoms with van der Waals surface area (Å²) in [6.07, 6.45) is 9.95. The van der Waals surface area contributed by atoms with Crippen LogP contribution in [0.25, 0.3) is 0 Å². The Balaban J connectivity index is 1.37. The minimum atomic E-state index is -3.34. The number of nitrogens with zero attached hydrogens (tertiary/aromatic N) is 4. The van der Waals surface area contributed by atoms with Crippen molar-refractivity contribution in [3.63, 3.8) is 0 Å². The molecule has 0 unspecified atom stereocenters. The van der Waals surface area contributed by atoms with Crippen molar-refractivity contribution in [3.05, 3.63) is 27.7 Å². The largest absolute Gasteiger partial charge is 0.281 e. The molecule has 156 valence electrons. The summed E-state index contributed by atoms with van der Waals surface area (Å²) in [5.74, 6) is 0.308. The van der Waals surface area contributed by atoms with Gasteiger partial charge in [-0.05, 0) is 62.8 Å². The van der Waals surface area contributed by atoms with Crippen LogP contribution in [0.4, 0.5) is 0 Å². The van der Waals surface area contributed by atoms with Gasteiger partial charge in [-0.3, -0.25) is 4.79 Å². The van der Waals surface area contributed by atoms with Crippen molar-refractivity contribution in [1.82, 2.24) is 18.4 Å². The Morgan fingerprint density at radius 2 is 1.54 bits per heavy atom. The fourth-order valence-electron chi connectivity index (χ4n) is 4.73. The molecular weight excluding hydrogens is 376 g/mol. The molecule has 0 amide bonds. The Kier molecular flexibility index (Phi) is 6.18. The van der Waals surface area contributed by atoms with E-state index in [1.54, 1.807) is 19.4 Å². The summed E-state index contributed by atoms with van der Waals surface area (Å²) in [6, 6.07) is 1.76. The molecule has 7 nitrogen and oxygen atoms in total. The molecule has 0 N–H and O–H groups in total. The van der Waals surface area contributed by atoms with E-state index in [1.165, 1.54) is 0 Å². The van der Waals surface area contributed by atoms with Gasteiger partial charge >= 0.3 is 0 Å². The fraction of sp³-hybridized carbons (Fsp3) is 0.800. The Morgan fingerprint density at radius 1 is 0.893 bits per heavy atom. The quantitative estimate of drug-likeness (QED) is 0.763. The molecular formula is C20H32N4O3S. The highest BCUT2D eigenvalue weighted by atomic mass is 32.2. The first-order chi connectivity index (χ1) is 13.5. The highest BCUT2D eigenvalue weighted by Gasteiger charge is 2.33. The summed E-state index contributed by atoms with van der Waals surface area (Å²) in [6.45, 7) is 2.99. The van der Waals surface area contributed by atoms with E-state index in [4.69, 9.17) is 0 Å². The van der Waals surface area contributed by atoms with E-state index in [0.29, 0.717) is 38.6 Å². The molecule has 2 aliphatic heterocycles. The number of rotatable bonds is 4. The van der Waals surface area contributed by atoms with Crippen molar-refractivity contribution in [2.75, 3.05) is 26.2 Å². The Bertz CT molecular complexity index is 835. The third kappa shape index (κ3) is 4.33. The topological polar surface area (TPSA) is 75.5 Å². The molecule has 28 heavy (non-hydrogen) atoms. The normalized spacial score (nSPS) is 23.3. The lowest BCUT2D eigenvalue weighted by atomic mass is 9.96. The van der Waals surface area contributed by atoms with E-state index in [1.807, 2.05) is 0 Å². The van der Waals surface area contributed by atoms with Crippen LogP contribution in [0.15, 0.2) is 10.9 Å². The first-order valence-electron chi connectivity index (χ1n) is 10.9. The van der Waals surface area contributed by atoms with Crippen LogP contribution in [0.3, 0.4) is 0 Å². The van der Waals surface area contributed by atoms with Gasteiger partial charge in [-0.2, -0.15) is 22.1 Å². The number of hydrogen-bond acceptors (Lipinski definition) is 4. The summed E-state index contributed by atoms with van der Waals surface area (Å²) >= 11 is 0. The van der Waals surface area contributed by atoms with Gasteiger partial charge in [0.25, 0.3) is 15.8 Å². The number of hydrogen-bond donors (Lipinski definition) is 0. The molecule has 0 atom stereocenters. The number of aromatic nitrogens is 2. The lowest BCUT2D eigenvalue weighted by Gasteiger charge is -2.34. The molecule has 1 aliphatic carbocycles. The van der Waals surface area contributed by atoms with Gasteiger partial charge in [0.1, 0.15) is 0 Å². The molecule has 3 aliphatic rings. The maximum Gasteiger partial charge on any atom is 0.281 e. The molecule has 2 fully saturated rings. The summed E-state index contributed by atoms with van der Waals surface area (Å²) in [7, 11) is -3.34. The molecule has 1 aromatic rings. The van der Waals surface area contributed by atoms with Crippen LogP contribution in [0.1, 0.15) is 62.6 Å². The SMILES string of the molecule is O=c1cc2c(nn1CC1CCN(S(=O)(=O)N3CCCCCC3)CC1)CCCC2. The van der Waals surface area contributed by atoms with E-state index >= 15 is 0 Å². The summed E-state index contributed by atoms with van der Waals surface area (Å²) < 4.78 is 30.9. The second kappa shape index (κ2) is 8.63. The lowest BCUT2D eigenvalue weighted by molar-refractivity contribution is 0.230. The van der Waals surface area contributed by atoms with Crippen molar-refractivity contribution in [1.29, 1.82) is 0 Å². The van der Waals surface area contributed by atoms with E-state index in [2.05, 4.69) is 5.10 Å². The highest BCUT2D eigenvalue weighted by molar-refractivity contribution is 7.86. The first-order valence-corrected chi connectivity index (χ1v) is 12.3. The molecule has 0 saturated carbocycles. The van der Waals surface area contributed by atoms with Crippen LogP contribution in [-0.2, 0) is 29.6 Å². The van der Waals surface area contributed by atoms with Gasteiger partial charge in [0.2, 0.25) is 0 Å². The molecule has 0 aromatic carbocycles. The van der Waals surface area contributed by atoms with Gasteiger partial charge in [-0.25, -0.2) is 4.68 Å². The third-order valence-corrected chi connectivity index (χ3v) is 8.53. The molecule has 0 radical (unpaired) electrons. The maximum atomic E-state index is 13.0. The fourth-order valence-corrected chi connectivity index (χ4v) is 6.45. The molecule has 0 bridgehead atoms. The van der Waals surface area contributed by atoms with Crippen molar-refractivity contribution in [2.45, 2.75) is 70.8 Å². The second-order valence-corrected chi connectivity index (χ2v) is 10.4. The Hall–Kier alpha value is -1.25. The van der Waals surface area contributed by atoms with Crippen molar-refractivity contribution < 1.29 is 8.42 Å². The van der Waals surface area contributed by atoms with Crippen LogP contribution in [-0.4, -0.2) is 53.0 Å². The zero-order chi connectivity index (χ0) is 19.6. The molecule has 3 heterocycles. The van der Waals surface area contributed by atoms with Crippen LogP contribution < -0.4 is 5.56 Å². The standard InChI is InChI=1S/C20H32N4O3S/c25-20-15-18-7-3-4-8-19(18)21-24(20)16-17-9-13-23(14-10-17)28(26,27)22-11-5-1-2-6-12-22/h15,17H,1-14,16H2. The maximum absolute atomic E-state index is 13.0. The van der Waals surface area contributed by atoms with Gasteiger partial charge < -0.3 is 0 Å². The lowest BCUT2D eigenvalue weighted by Crippen LogP contribution is -2.48. The number of aryl methyl sites for hydroxylation is 2. The van der Waals surface area contributed by atoms with E-state index in [9.17, 15) is 13.2 Å². The number of fused-ring (bicyclic) bond motifs is 1. The predicted octanol–water partition coefficient (Wildman–Crippen LogP) is 1.95. The third-order valence-electron chi connectivity index (χ3n) is 6.50. The molecule has 4 rings (SSSR count). The number of piperidine rings is 1. The van der Waals surface area contributed by atoms with Gasteiger partial charge in [0, 0.05) is 38.8 Å². The second-order valence-electron chi connectivity index (χ2n) is 8.51. The van der Waals surface area contributed by atoms with Crippen LogP contribution in [0, 0.1) is 5.92 Å². The van der Waals surface area contributed by atoms with Gasteiger partial charge in [-0.15, -0.1) is 0 Å². The Labute approximate surface area is 167 Å². The minimum Gasteiger partial charge on any atom is -0.268 e. The molecule has 8 heteroatoms. The van der Waals surface area contributed by atoms with Crippen molar-refractivity contribution in [3.8, 4) is 0 Å². The minimum absolute atomic E-state index is 0.0136. The predicted molar refractivity (Wildman–Crippen MR) is 108 cm³/mol. The van der Waals surface area contributed by atoms with Gasteiger partial charge in [0.15, 0.2) is 0 Å². The van der Waals surface area contributed by atoms with Crippen LogP contribution in [0.5, 0.6) is 0 Å². The average Bonchev–Trinajstić information content (AvgIpc) is 2.99. The monoisotopic (exact) mass is 408 g/mol. The summed E-state index contributed by atoms with van der Waals surface area (Å²) in [5.41, 5.74) is 2.18. The van der Waals surface area contributed by atoms with Gasteiger partial charge in [0.05, 0.1) is 5.69 Å². The van der Waals surface area contributed by atoms with E-state index in [-0.39, 0.29) is 5.56 Å². The van der Waals surface area contributed by atoms with Crippen LogP contribution in [0.2, 0.25) is 0 Å². The van der Waals surface area contributed by atoms with Crippen LogP contribution >= 0.6 is 0 Å². The molecule has 2 saturated heterocycles. The average molecular weight is 409 g/mol. The summed E-state index contributed by atoms with van der Waals surface area (Å²) in [5, 5.41) is 4.62. The summed E-state index contributed by atoms with van der Waals surface area (Å²) in [4.78, 5) is 12.4. The molecule has 0 spiro atoms. The van der Waals surface area contributed by atoms with Crippen molar-refractivity contribution >= 4 is 10.2 Å². The first kappa shape index (κ1) is 20.0. The van der Waals surface area contributed by atoms with E-state index in [0.717, 1.165) is 75.5 Å². The molecule has 1 aromatic heterocycles. The Morgan fingerprint density at radius 3 is 2.25 bits per heavy atom. The van der Waals surface area contributed by atoms with Crippen molar-refractivity contribution in [2.24, 2.45) is 5.92 Å². The smallest absolute Gasteiger partial charge is 0.268 e. The van der Waals surface area contributed by atoms with E-state index < -0.39 is 10.2 Å². The highest BCUT2D eigenvalue weighted by Crippen LogP contribution is 2.24.